The van der Waals surface area contributed by atoms with Crippen LogP contribution in [-0.2, 0) is 27.3 Å². The van der Waals surface area contributed by atoms with Gasteiger partial charge < -0.3 is 19.9 Å². The number of amides is 2. The molecule has 4 rings (SSSR count). The molecule has 23 heavy (non-hydrogen) atoms. The maximum Gasteiger partial charge on any atom is 0.323 e. The number of nitrogens with zero attached hydrogens (tertiary/aromatic N) is 2. The molecule has 1 fully saturated rings. The van der Waals surface area contributed by atoms with Gasteiger partial charge in [0.05, 0.1) is 6.54 Å². The summed E-state index contributed by atoms with van der Waals surface area (Å²) in [6.45, 7) is -0.243. The van der Waals surface area contributed by atoms with Crippen LogP contribution in [0.15, 0.2) is 24.3 Å². The summed E-state index contributed by atoms with van der Waals surface area (Å²) in [5, 5.41) is 9.96. The molecule has 0 saturated carbocycles. The van der Waals surface area contributed by atoms with Gasteiger partial charge in [0.1, 0.15) is 19.1 Å². The molecular formula is C16H15N3O4. The van der Waals surface area contributed by atoms with Crippen molar-refractivity contribution in [3.8, 4) is 0 Å². The van der Waals surface area contributed by atoms with Gasteiger partial charge in [-0.05, 0) is 11.6 Å². The van der Waals surface area contributed by atoms with Crippen molar-refractivity contribution in [1.82, 2.24) is 14.8 Å². The summed E-state index contributed by atoms with van der Waals surface area (Å²) in [5.41, 5.74) is 2.98. The molecule has 0 spiro atoms. The smallest absolute Gasteiger partial charge is 0.323 e. The number of hydrogen-bond donors (Lipinski definition) is 2. The number of rotatable bonds is 2. The Kier molecular flexibility index (Phi) is 2.90. The third-order valence-corrected chi connectivity index (χ3v) is 4.57. The van der Waals surface area contributed by atoms with Crippen LogP contribution in [-0.4, -0.2) is 56.8 Å². The number of carboxylic acid groups (broad SMARTS) is 1. The van der Waals surface area contributed by atoms with Crippen molar-refractivity contribution in [2.75, 3.05) is 13.1 Å². The Bertz CT molecular complexity index is 841. The highest BCUT2D eigenvalue weighted by molar-refractivity contribution is 5.98. The summed E-state index contributed by atoms with van der Waals surface area (Å²) in [6, 6.07) is 7.22. The highest BCUT2D eigenvalue weighted by Gasteiger charge is 2.43. The fourth-order valence-corrected chi connectivity index (χ4v) is 3.53. The molecule has 2 N–H and O–H groups in total. The number of aromatic nitrogens is 1. The van der Waals surface area contributed by atoms with Gasteiger partial charge in [-0.1, -0.05) is 18.2 Å². The summed E-state index contributed by atoms with van der Waals surface area (Å²) >= 11 is 0. The number of fused-ring (bicyclic) bond motifs is 4. The average Bonchev–Trinajstić information content (AvgIpc) is 2.88. The van der Waals surface area contributed by atoms with Gasteiger partial charge in [0.15, 0.2) is 0 Å². The minimum absolute atomic E-state index is 0.169. The predicted octanol–water partition coefficient (Wildman–Crippen LogP) is 0.348. The van der Waals surface area contributed by atoms with Gasteiger partial charge in [0.25, 0.3) is 0 Å². The van der Waals surface area contributed by atoms with Crippen molar-refractivity contribution in [3.05, 3.63) is 35.5 Å². The number of carboxylic acids is 1. The molecule has 1 aromatic carbocycles. The van der Waals surface area contributed by atoms with E-state index >= 15 is 0 Å². The molecule has 1 saturated heterocycles. The maximum atomic E-state index is 12.6. The first-order valence-electron chi connectivity index (χ1n) is 7.43. The van der Waals surface area contributed by atoms with Gasteiger partial charge in [-0.25, -0.2) is 0 Å². The van der Waals surface area contributed by atoms with Crippen LogP contribution in [0.5, 0.6) is 0 Å². The average molecular weight is 313 g/mol. The monoisotopic (exact) mass is 313 g/mol. The van der Waals surface area contributed by atoms with Gasteiger partial charge in [-0.15, -0.1) is 0 Å². The van der Waals surface area contributed by atoms with Gasteiger partial charge >= 0.3 is 5.97 Å². The van der Waals surface area contributed by atoms with Crippen LogP contribution in [0.1, 0.15) is 11.3 Å². The molecule has 1 aromatic heterocycles. The molecule has 1 atom stereocenters. The Hall–Kier alpha value is -2.83. The van der Waals surface area contributed by atoms with E-state index in [0.717, 1.165) is 27.1 Å². The highest BCUT2D eigenvalue weighted by Crippen LogP contribution is 2.32. The van der Waals surface area contributed by atoms with Gasteiger partial charge in [-0.3, -0.25) is 14.4 Å². The molecule has 0 aliphatic carbocycles. The van der Waals surface area contributed by atoms with Crippen molar-refractivity contribution < 1.29 is 19.5 Å². The van der Waals surface area contributed by atoms with E-state index in [4.69, 9.17) is 5.11 Å². The Labute approximate surface area is 131 Å². The third kappa shape index (κ3) is 2.08. The zero-order valence-electron chi connectivity index (χ0n) is 12.3. The fourth-order valence-electron chi connectivity index (χ4n) is 3.53. The SMILES string of the molecule is O=C(O)CN1CC(=O)N2Cc3[nH]c4ccccc4c3CC2C1=O. The first-order valence-corrected chi connectivity index (χ1v) is 7.43. The first-order chi connectivity index (χ1) is 11.0. The predicted molar refractivity (Wildman–Crippen MR) is 80.6 cm³/mol. The molecular weight excluding hydrogens is 298 g/mol. The van der Waals surface area contributed by atoms with Crippen LogP contribution < -0.4 is 0 Å². The maximum absolute atomic E-state index is 12.6. The zero-order chi connectivity index (χ0) is 16.1. The number of nitrogens with one attached hydrogen (secondary N) is 1. The van der Waals surface area contributed by atoms with Crippen molar-refractivity contribution >= 4 is 28.7 Å². The topological polar surface area (TPSA) is 93.7 Å². The van der Waals surface area contributed by atoms with Gasteiger partial charge in [0.2, 0.25) is 11.8 Å². The van der Waals surface area contributed by atoms with E-state index in [9.17, 15) is 14.4 Å². The second kappa shape index (κ2) is 4.84. The van der Waals surface area contributed by atoms with E-state index in [1.807, 2.05) is 24.3 Å². The lowest BCUT2D eigenvalue weighted by Crippen LogP contribution is -2.62. The minimum Gasteiger partial charge on any atom is -0.480 e. The quantitative estimate of drug-likeness (QED) is 0.836. The minimum atomic E-state index is -1.11. The summed E-state index contributed by atoms with van der Waals surface area (Å²) in [4.78, 5) is 41.8. The van der Waals surface area contributed by atoms with Gasteiger partial charge in [0, 0.05) is 23.0 Å². The molecule has 2 aliphatic heterocycles. The molecule has 2 aliphatic rings. The number of hydrogen-bond acceptors (Lipinski definition) is 3. The van der Waals surface area contributed by atoms with Crippen molar-refractivity contribution in [1.29, 1.82) is 0 Å². The number of H-pyrrole nitrogens is 1. The molecule has 2 aromatic rings. The summed E-state index contributed by atoms with van der Waals surface area (Å²) < 4.78 is 0. The van der Waals surface area contributed by atoms with Crippen molar-refractivity contribution in [2.45, 2.75) is 19.0 Å². The third-order valence-electron chi connectivity index (χ3n) is 4.57. The lowest BCUT2D eigenvalue weighted by Gasteiger charge is -2.42. The summed E-state index contributed by atoms with van der Waals surface area (Å²) in [7, 11) is 0. The largest absolute Gasteiger partial charge is 0.480 e. The molecule has 7 nitrogen and oxygen atoms in total. The molecule has 118 valence electrons. The van der Waals surface area contributed by atoms with E-state index in [2.05, 4.69) is 4.98 Å². The Morgan fingerprint density at radius 3 is 2.83 bits per heavy atom. The summed E-state index contributed by atoms with van der Waals surface area (Å²) in [6.07, 6.45) is 0.417. The van der Waals surface area contributed by atoms with Gasteiger partial charge in [-0.2, -0.15) is 0 Å². The van der Waals surface area contributed by atoms with Crippen LogP contribution in [0, 0.1) is 0 Å². The van der Waals surface area contributed by atoms with Crippen LogP contribution in [0.2, 0.25) is 0 Å². The van der Waals surface area contributed by atoms with E-state index in [1.165, 1.54) is 0 Å². The number of para-hydroxylation sites is 1. The standard InChI is InChI=1S/C16H15N3O4/c20-14-7-18(8-15(21)22)16(23)13-5-10-9-3-1-2-4-11(9)17-12(10)6-19(13)14/h1-4,13,17H,5-8H2,(H,21,22). The van der Waals surface area contributed by atoms with Crippen LogP contribution >= 0.6 is 0 Å². The van der Waals surface area contributed by atoms with E-state index in [0.29, 0.717) is 13.0 Å². The number of carbonyl (C=O) groups excluding carboxylic acids is 2. The van der Waals surface area contributed by atoms with E-state index in [-0.39, 0.29) is 18.4 Å². The first kappa shape index (κ1) is 13.8. The Balaban J connectivity index is 1.73. The number of aromatic amines is 1. The highest BCUT2D eigenvalue weighted by atomic mass is 16.4. The molecule has 7 heteroatoms. The molecule has 0 radical (unpaired) electrons. The Morgan fingerprint density at radius 1 is 1.26 bits per heavy atom. The lowest BCUT2D eigenvalue weighted by molar-refractivity contribution is -0.160. The van der Waals surface area contributed by atoms with Crippen LogP contribution in [0.3, 0.4) is 0 Å². The molecule has 1 unspecified atom stereocenters. The molecule has 0 bridgehead atoms. The summed E-state index contributed by atoms with van der Waals surface area (Å²) in [5.74, 6) is -1.61. The number of aliphatic carboxylic acids is 1. The second-order valence-electron chi connectivity index (χ2n) is 5.96. The molecule has 2 amide bonds. The Morgan fingerprint density at radius 2 is 2.04 bits per heavy atom. The number of carbonyl (C=O) groups is 3. The number of benzene rings is 1. The molecule has 3 heterocycles. The van der Waals surface area contributed by atoms with Crippen LogP contribution in [0.25, 0.3) is 10.9 Å². The van der Waals surface area contributed by atoms with Crippen molar-refractivity contribution in [3.63, 3.8) is 0 Å². The fraction of sp³-hybridized carbons (Fsp3) is 0.312. The van der Waals surface area contributed by atoms with E-state index in [1.54, 1.807) is 4.90 Å². The number of piperazine rings is 1. The van der Waals surface area contributed by atoms with E-state index < -0.39 is 18.6 Å². The normalized spacial score (nSPS) is 20.6. The van der Waals surface area contributed by atoms with Crippen molar-refractivity contribution in [2.24, 2.45) is 0 Å². The van der Waals surface area contributed by atoms with Crippen LogP contribution in [0.4, 0.5) is 0 Å². The zero-order valence-corrected chi connectivity index (χ0v) is 12.3. The second-order valence-corrected chi connectivity index (χ2v) is 5.96. The lowest BCUT2D eigenvalue weighted by atomic mass is 9.94.